The Bertz CT molecular complexity index is 817. The maximum atomic E-state index is 12.9. The third-order valence-corrected chi connectivity index (χ3v) is 6.16. The van der Waals surface area contributed by atoms with E-state index in [1.807, 2.05) is 4.90 Å². The van der Waals surface area contributed by atoms with Gasteiger partial charge in [0.2, 0.25) is 5.82 Å². The number of benzene rings is 1. The lowest BCUT2D eigenvalue weighted by Crippen LogP contribution is -2.44. The molecule has 0 aliphatic carbocycles. The number of amides is 1. The second kappa shape index (κ2) is 7.95. The number of carbonyl (C=O) groups excluding carboxylic acids is 1. The fourth-order valence-corrected chi connectivity index (χ4v) is 4.49. The Morgan fingerprint density at radius 1 is 1.19 bits per heavy atom. The lowest BCUT2D eigenvalue weighted by atomic mass is 9.78. The summed E-state index contributed by atoms with van der Waals surface area (Å²) in [6.07, 6.45) is 3.26. The number of para-hydroxylation sites is 1. The Morgan fingerprint density at radius 2 is 1.85 bits per heavy atom. The van der Waals surface area contributed by atoms with Crippen molar-refractivity contribution in [2.75, 3.05) is 26.2 Å². The first-order chi connectivity index (χ1) is 12.5. The van der Waals surface area contributed by atoms with Crippen molar-refractivity contribution in [3.63, 3.8) is 0 Å². The molecule has 6 nitrogen and oxygen atoms in total. The molecule has 0 saturated carbocycles. The van der Waals surface area contributed by atoms with Crippen molar-refractivity contribution < 1.29 is 4.79 Å². The monoisotopic (exact) mass is 429 g/mol. The molecule has 0 unspecified atom stereocenters. The molecule has 2 fully saturated rings. The van der Waals surface area contributed by atoms with Crippen LogP contribution in [-0.4, -0.2) is 51.8 Å². The van der Waals surface area contributed by atoms with Crippen molar-refractivity contribution in [3.8, 4) is 5.69 Å². The average Bonchev–Trinajstić information content (AvgIpc) is 3.23. The molecule has 1 amide bonds. The van der Waals surface area contributed by atoms with E-state index < -0.39 is 0 Å². The normalized spacial score (nSPS) is 18.6. The molecule has 1 N–H and O–H groups in total. The predicted octanol–water partition coefficient (Wildman–Crippen LogP) is 3.52. The van der Waals surface area contributed by atoms with Gasteiger partial charge in [-0.15, -0.1) is 17.5 Å². The highest BCUT2D eigenvalue weighted by Crippen LogP contribution is 2.37. The summed E-state index contributed by atoms with van der Waals surface area (Å²) in [4.78, 5) is 19.1. The van der Waals surface area contributed by atoms with Gasteiger partial charge in [-0.2, -0.15) is 0 Å². The number of nitrogens with one attached hydrogen (secondary N) is 1. The van der Waals surface area contributed by atoms with E-state index in [2.05, 4.69) is 15.4 Å². The summed E-state index contributed by atoms with van der Waals surface area (Å²) >= 11 is 12.5. The minimum Gasteiger partial charge on any atom is -0.336 e. The molecular formula is C18H22Cl3N5O. The Balaban J connectivity index is 0.00000210. The molecule has 3 heterocycles. The largest absolute Gasteiger partial charge is 0.336 e. The van der Waals surface area contributed by atoms with Crippen LogP contribution in [0.3, 0.4) is 0 Å². The summed E-state index contributed by atoms with van der Waals surface area (Å²) in [6, 6.07) is 5.25. The van der Waals surface area contributed by atoms with Crippen molar-refractivity contribution in [1.29, 1.82) is 0 Å². The number of aryl methyl sites for hydroxylation is 1. The van der Waals surface area contributed by atoms with E-state index in [0.29, 0.717) is 27.0 Å². The summed E-state index contributed by atoms with van der Waals surface area (Å²) in [5, 5.41) is 8.78. The Kier molecular flexibility index (Phi) is 6.01. The van der Waals surface area contributed by atoms with Gasteiger partial charge < -0.3 is 10.2 Å². The van der Waals surface area contributed by atoms with Gasteiger partial charge in [0.15, 0.2) is 0 Å². The summed E-state index contributed by atoms with van der Waals surface area (Å²) in [5.41, 5.74) is 0.916. The van der Waals surface area contributed by atoms with Crippen molar-refractivity contribution in [2.24, 2.45) is 5.41 Å². The standard InChI is InChI=1S/C18H21Cl2N5O.ClH/c1-12-22-16(23-25(12)15-13(19)3-2-4-14(15)20)17(26)24-9-6-18(7-10-24)5-8-21-11-18;/h2-4,21H,5-11H2,1H3;1H. The number of hydrogen-bond donors (Lipinski definition) is 1. The van der Waals surface area contributed by atoms with Crippen molar-refractivity contribution in [1.82, 2.24) is 25.0 Å². The van der Waals surface area contributed by atoms with E-state index in [-0.39, 0.29) is 24.1 Å². The van der Waals surface area contributed by atoms with Crippen LogP contribution >= 0.6 is 35.6 Å². The van der Waals surface area contributed by atoms with Crippen molar-refractivity contribution in [3.05, 3.63) is 39.9 Å². The molecule has 1 aromatic heterocycles. The quantitative estimate of drug-likeness (QED) is 0.792. The highest BCUT2D eigenvalue weighted by atomic mass is 35.5. The molecule has 1 aromatic carbocycles. The lowest BCUT2D eigenvalue weighted by Gasteiger charge is -2.38. The molecule has 4 rings (SSSR count). The third kappa shape index (κ3) is 3.81. The van der Waals surface area contributed by atoms with Gasteiger partial charge in [-0.25, -0.2) is 9.67 Å². The third-order valence-electron chi connectivity index (χ3n) is 5.55. The van der Waals surface area contributed by atoms with Gasteiger partial charge in [0, 0.05) is 19.6 Å². The smallest absolute Gasteiger partial charge is 0.293 e. The maximum Gasteiger partial charge on any atom is 0.293 e. The van der Waals surface area contributed by atoms with Crippen LogP contribution in [0.2, 0.25) is 10.0 Å². The summed E-state index contributed by atoms with van der Waals surface area (Å²) in [6.45, 7) is 5.43. The van der Waals surface area contributed by atoms with Gasteiger partial charge in [0.25, 0.3) is 5.91 Å². The number of halogens is 3. The van der Waals surface area contributed by atoms with E-state index >= 15 is 0 Å². The minimum absolute atomic E-state index is 0. The Labute approximate surface area is 174 Å². The number of likely N-dealkylation sites (tertiary alicyclic amines) is 1. The van der Waals surface area contributed by atoms with Crippen LogP contribution in [-0.2, 0) is 0 Å². The van der Waals surface area contributed by atoms with Crippen LogP contribution in [0.1, 0.15) is 35.7 Å². The highest BCUT2D eigenvalue weighted by Gasteiger charge is 2.38. The molecule has 2 aromatic rings. The second-order valence-corrected chi connectivity index (χ2v) is 8.00. The molecule has 0 bridgehead atoms. The van der Waals surface area contributed by atoms with E-state index in [0.717, 1.165) is 39.0 Å². The fraction of sp³-hybridized carbons (Fsp3) is 0.500. The minimum atomic E-state index is -0.129. The number of piperidine rings is 1. The lowest BCUT2D eigenvalue weighted by molar-refractivity contribution is 0.0596. The van der Waals surface area contributed by atoms with E-state index in [9.17, 15) is 4.79 Å². The van der Waals surface area contributed by atoms with Gasteiger partial charge in [-0.05, 0) is 50.3 Å². The molecule has 0 atom stereocenters. The first-order valence-electron chi connectivity index (χ1n) is 8.87. The molecule has 0 radical (unpaired) electrons. The number of aromatic nitrogens is 3. The number of hydrogen-bond acceptors (Lipinski definition) is 4. The van der Waals surface area contributed by atoms with Crippen LogP contribution in [0.25, 0.3) is 5.69 Å². The van der Waals surface area contributed by atoms with Gasteiger partial charge in [0.05, 0.1) is 10.0 Å². The number of nitrogens with zero attached hydrogens (tertiary/aromatic N) is 4. The number of rotatable bonds is 2. The topological polar surface area (TPSA) is 63.1 Å². The van der Waals surface area contributed by atoms with Crippen LogP contribution in [0.15, 0.2) is 18.2 Å². The van der Waals surface area contributed by atoms with Gasteiger partial charge in [-0.1, -0.05) is 29.3 Å². The van der Waals surface area contributed by atoms with Gasteiger partial charge in [0.1, 0.15) is 11.5 Å². The first kappa shape index (κ1) is 20.4. The zero-order chi connectivity index (χ0) is 18.3. The van der Waals surface area contributed by atoms with E-state index in [1.165, 1.54) is 6.42 Å². The van der Waals surface area contributed by atoms with E-state index in [1.54, 1.807) is 29.8 Å². The molecule has 9 heteroatoms. The zero-order valence-electron chi connectivity index (χ0n) is 15.0. The second-order valence-electron chi connectivity index (χ2n) is 7.18. The summed E-state index contributed by atoms with van der Waals surface area (Å²) in [5.74, 6) is 0.645. The average molecular weight is 431 g/mol. The highest BCUT2D eigenvalue weighted by molar-refractivity contribution is 6.37. The molecular weight excluding hydrogens is 409 g/mol. The van der Waals surface area contributed by atoms with Crippen LogP contribution < -0.4 is 5.32 Å². The molecule has 2 aliphatic heterocycles. The van der Waals surface area contributed by atoms with Crippen LogP contribution in [0.5, 0.6) is 0 Å². The van der Waals surface area contributed by atoms with Crippen molar-refractivity contribution in [2.45, 2.75) is 26.2 Å². The molecule has 1 spiro atoms. The van der Waals surface area contributed by atoms with Gasteiger partial charge in [-0.3, -0.25) is 4.79 Å². The zero-order valence-corrected chi connectivity index (χ0v) is 17.4. The van der Waals surface area contributed by atoms with Crippen molar-refractivity contribution >= 4 is 41.5 Å². The molecule has 2 aliphatic rings. The fourth-order valence-electron chi connectivity index (χ4n) is 3.93. The molecule has 146 valence electrons. The van der Waals surface area contributed by atoms with Crippen LogP contribution in [0, 0.1) is 12.3 Å². The summed E-state index contributed by atoms with van der Waals surface area (Å²) in [7, 11) is 0. The SMILES string of the molecule is Cc1nc(C(=O)N2CCC3(CCNC3)CC2)nn1-c1c(Cl)cccc1Cl.Cl. The molecule has 27 heavy (non-hydrogen) atoms. The van der Waals surface area contributed by atoms with Gasteiger partial charge >= 0.3 is 0 Å². The number of carbonyl (C=O) groups is 1. The Hall–Kier alpha value is -1.34. The van der Waals surface area contributed by atoms with E-state index in [4.69, 9.17) is 23.2 Å². The Morgan fingerprint density at radius 3 is 2.44 bits per heavy atom. The first-order valence-corrected chi connectivity index (χ1v) is 9.63. The van der Waals surface area contributed by atoms with Crippen LogP contribution in [0.4, 0.5) is 0 Å². The molecule has 2 saturated heterocycles. The summed E-state index contributed by atoms with van der Waals surface area (Å²) < 4.78 is 1.55. The maximum absolute atomic E-state index is 12.9. The predicted molar refractivity (Wildman–Crippen MR) is 108 cm³/mol.